The Morgan fingerprint density at radius 1 is 1.07 bits per heavy atom. The zero-order valence-corrected chi connectivity index (χ0v) is 20.0. The molecule has 0 radical (unpaired) electrons. The highest BCUT2D eigenvalue weighted by Gasteiger charge is 2.22. The zero-order valence-electron chi connectivity index (χ0n) is 17.1. The molecule has 30 heavy (non-hydrogen) atoms. The van der Waals surface area contributed by atoms with Crippen molar-refractivity contribution >= 4 is 56.4 Å². The maximum absolute atomic E-state index is 14.3. The number of Topliss-reactive ketones (excluding diaryl/α,β-unsaturated/α-hetero) is 1. The maximum Gasteiger partial charge on any atom is 0.161 e. The summed E-state index contributed by atoms with van der Waals surface area (Å²) < 4.78 is 15.0. The average Bonchev–Trinajstić information content (AvgIpc) is 2.73. The Balaban J connectivity index is 1.82. The lowest BCUT2D eigenvalue weighted by molar-refractivity contribution is 0.101. The van der Waals surface area contributed by atoms with Gasteiger partial charge in [0.15, 0.2) is 5.78 Å². The second-order valence-corrected chi connectivity index (χ2v) is 10.3. The summed E-state index contributed by atoms with van der Waals surface area (Å²) in [6.07, 6.45) is 4.56. The maximum atomic E-state index is 14.3. The number of carbonyl (C=O) groups excluding carboxylic acids is 1. The average molecular weight is 536 g/mol. The predicted molar refractivity (Wildman–Crippen MR) is 133 cm³/mol. The molecule has 1 fully saturated rings. The summed E-state index contributed by atoms with van der Waals surface area (Å²) in [5, 5.41) is 6.12. The van der Waals surface area contributed by atoms with Gasteiger partial charge < -0.3 is 5.32 Å². The van der Waals surface area contributed by atoms with Crippen molar-refractivity contribution in [2.75, 3.05) is 5.32 Å². The van der Waals surface area contributed by atoms with Crippen LogP contribution in [0.15, 0.2) is 42.5 Å². The van der Waals surface area contributed by atoms with Crippen molar-refractivity contribution < 1.29 is 9.18 Å². The van der Waals surface area contributed by atoms with Gasteiger partial charge in [0, 0.05) is 31.5 Å². The lowest BCUT2D eigenvalue weighted by atomic mass is 9.93. The summed E-state index contributed by atoms with van der Waals surface area (Å²) in [5.74, 6) is -0.277. The smallest absolute Gasteiger partial charge is 0.161 e. The van der Waals surface area contributed by atoms with Crippen LogP contribution in [0.4, 0.5) is 10.1 Å². The third-order valence-corrected chi connectivity index (χ3v) is 7.66. The van der Waals surface area contributed by atoms with E-state index in [2.05, 4.69) is 27.9 Å². The van der Waals surface area contributed by atoms with Crippen LogP contribution in [0, 0.1) is 12.7 Å². The first-order valence-corrected chi connectivity index (χ1v) is 11.9. The van der Waals surface area contributed by atoms with Crippen LogP contribution in [0.3, 0.4) is 0 Å². The highest BCUT2D eigenvalue weighted by molar-refractivity contribution is 14.1. The van der Waals surface area contributed by atoms with Crippen LogP contribution < -0.4 is 5.32 Å². The lowest BCUT2D eigenvalue weighted by Gasteiger charge is -2.28. The molecule has 0 spiro atoms. The third kappa shape index (κ3) is 4.35. The first kappa shape index (κ1) is 21.6. The highest BCUT2D eigenvalue weighted by atomic mass is 127. The topological polar surface area (TPSA) is 29.1 Å². The fourth-order valence-corrected chi connectivity index (χ4v) is 5.09. The summed E-state index contributed by atoms with van der Waals surface area (Å²) in [6.45, 7) is 3.28. The number of anilines is 1. The fourth-order valence-electron chi connectivity index (χ4n) is 4.16. The van der Waals surface area contributed by atoms with Gasteiger partial charge in [0.1, 0.15) is 5.82 Å². The monoisotopic (exact) mass is 535 g/mol. The number of ketones is 1. The largest absolute Gasteiger partial charge is 0.381 e. The van der Waals surface area contributed by atoms with E-state index in [0.717, 1.165) is 44.4 Å². The van der Waals surface area contributed by atoms with Crippen LogP contribution in [0.2, 0.25) is 5.02 Å². The molecule has 0 atom stereocenters. The SMILES string of the molecule is CC(=O)c1ccc2ccc(-c3cc(F)c(C)c(Cl)c3)cc2c1NC1CCC(I)CC1. The molecule has 156 valence electrons. The molecule has 2 nitrogen and oxygen atoms in total. The van der Waals surface area contributed by atoms with E-state index >= 15 is 0 Å². The van der Waals surface area contributed by atoms with Gasteiger partial charge in [0.2, 0.25) is 0 Å². The molecule has 4 rings (SSSR count). The van der Waals surface area contributed by atoms with Crippen LogP contribution in [0.25, 0.3) is 21.9 Å². The molecule has 3 aromatic carbocycles. The van der Waals surface area contributed by atoms with Crippen LogP contribution in [0.5, 0.6) is 0 Å². The van der Waals surface area contributed by atoms with Crippen LogP contribution >= 0.6 is 34.2 Å². The third-order valence-electron chi connectivity index (χ3n) is 6.02. The van der Waals surface area contributed by atoms with E-state index in [0.29, 0.717) is 22.2 Å². The summed E-state index contributed by atoms with van der Waals surface area (Å²) >= 11 is 8.75. The van der Waals surface area contributed by atoms with Crippen LogP contribution in [-0.4, -0.2) is 15.7 Å². The molecule has 0 amide bonds. The number of hydrogen-bond acceptors (Lipinski definition) is 2. The molecule has 1 aliphatic carbocycles. The number of nitrogens with one attached hydrogen (secondary N) is 1. The van der Waals surface area contributed by atoms with E-state index in [1.54, 1.807) is 19.9 Å². The van der Waals surface area contributed by atoms with Crippen molar-refractivity contribution in [3.05, 3.63) is 64.4 Å². The summed E-state index contributed by atoms with van der Waals surface area (Å²) in [4.78, 5) is 12.4. The number of alkyl halides is 1. The van der Waals surface area contributed by atoms with E-state index < -0.39 is 0 Å². The van der Waals surface area contributed by atoms with Gasteiger partial charge in [-0.1, -0.05) is 52.4 Å². The van der Waals surface area contributed by atoms with E-state index in [9.17, 15) is 9.18 Å². The van der Waals surface area contributed by atoms with E-state index in [1.807, 2.05) is 30.3 Å². The normalized spacial score (nSPS) is 19.1. The molecule has 3 aromatic rings. The first-order chi connectivity index (χ1) is 14.3. The Kier molecular flexibility index (Phi) is 6.35. The Morgan fingerprint density at radius 2 is 1.77 bits per heavy atom. The molecule has 1 saturated carbocycles. The van der Waals surface area contributed by atoms with Crippen molar-refractivity contribution in [1.82, 2.24) is 0 Å². The molecule has 1 aliphatic rings. The fraction of sp³-hybridized carbons (Fsp3) is 0.320. The van der Waals surface area contributed by atoms with Gasteiger partial charge in [-0.15, -0.1) is 0 Å². The van der Waals surface area contributed by atoms with Crippen molar-refractivity contribution in [2.45, 2.75) is 49.5 Å². The second-order valence-electron chi connectivity index (χ2n) is 8.14. The zero-order chi connectivity index (χ0) is 21.4. The van der Waals surface area contributed by atoms with Crippen molar-refractivity contribution in [1.29, 1.82) is 0 Å². The molecular weight excluding hydrogens is 512 g/mol. The minimum atomic E-state index is -0.316. The highest BCUT2D eigenvalue weighted by Crippen LogP contribution is 2.36. The Labute approximate surface area is 195 Å². The Bertz CT molecular complexity index is 1100. The van der Waals surface area contributed by atoms with E-state index in [-0.39, 0.29) is 11.6 Å². The molecule has 1 N–H and O–H groups in total. The number of benzene rings is 3. The molecule has 5 heteroatoms. The summed E-state index contributed by atoms with van der Waals surface area (Å²) in [5.41, 5.74) is 3.65. The Morgan fingerprint density at radius 3 is 2.43 bits per heavy atom. The van der Waals surface area contributed by atoms with Gasteiger partial charge in [-0.2, -0.15) is 0 Å². The summed E-state index contributed by atoms with van der Waals surface area (Å²) in [7, 11) is 0. The van der Waals surface area contributed by atoms with Gasteiger partial charge >= 0.3 is 0 Å². The van der Waals surface area contributed by atoms with Crippen LogP contribution in [0.1, 0.15) is 48.5 Å². The van der Waals surface area contributed by atoms with E-state index in [4.69, 9.17) is 11.6 Å². The minimum Gasteiger partial charge on any atom is -0.381 e. The summed E-state index contributed by atoms with van der Waals surface area (Å²) in [6, 6.07) is 13.6. The molecule has 0 bridgehead atoms. The van der Waals surface area contributed by atoms with Crippen molar-refractivity contribution in [2.24, 2.45) is 0 Å². The number of rotatable bonds is 4. The van der Waals surface area contributed by atoms with Gasteiger partial charge in [0.05, 0.1) is 5.69 Å². The second kappa shape index (κ2) is 8.83. The predicted octanol–water partition coefficient (Wildman–Crippen LogP) is 7.97. The standard InChI is InChI=1S/C25H24ClFINO/c1-14-23(26)12-18(13-24(14)27)17-4-3-16-5-10-21(15(2)30)25(22(16)11-17)29-20-8-6-19(28)7-9-20/h3-5,10-13,19-20,29H,6-9H2,1-2H3. The van der Waals surface area contributed by atoms with Gasteiger partial charge in [-0.05, 0) is 80.3 Å². The minimum absolute atomic E-state index is 0.0387. The van der Waals surface area contributed by atoms with Crippen molar-refractivity contribution in [3.63, 3.8) is 0 Å². The number of halogens is 3. The molecule has 0 aliphatic heterocycles. The van der Waals surface area contributed by atoms with Gasteiger partial charge in [-0.25, -0.2) is 4.39 Å². The lowest BCUT2D eigenvalue weighted by Crippen LogP contribution is -2.27. The van der Waals surface area contributed by atoms with Gasteiger partial charge in [-0.3, -0.25) is 4.79 Å². The van der Waals surface area contributed by atoms with Crippen molar-refractivity contribution in [3.8, 4) is 11.1 Å². The van der Waals surface area contributed by atoms with Gasteiger partial charge in [0.25, 0.3) is 0 Å². The quantitative estimate of drug-likeness (QED) is 0.208. The molecule has 0 aromatic heterocycles. The van der Waals surface area contributed by atoms with Crippen LogP contribution in [-0.2, 0) is 0 Å². The number of fused-ring (bicyclic) bond motifs is 1. The molecule has 0 unspecified atom stereocenters. The molecule has 0 saturated heterocycles. The molecular formula is C25H24ClFINO. The molecule has 0 heterocycles. The number of hydrogen-bond donors (Lipinski definition) is 1. The first-order valence-electron chi connectivity index (χ1n) is 10.3. The van der Waals surface area contributed by atoms with E-state index in [1.165, 1.54) is 18.9 Å². The Hall–Kier alpha value is -1.66. The number of carbonyl (C=O) groups is 1.